The maximum absolute atomic E-state index is 11.3. The maximum Gasteiger partial charge on any atom is 0.250 e. The van der Waals surface area contributed by atoms with E-state index in [1.165, 1.54) is 12.3 Å². The van der Waals surface area contributed by atoms with Crippen molar-refractivity contribution in [1.82, 2.24) is 4.98 Å². The second kappa shape index (κ2) is 5.28. The van der Waals surface area contributed by atoms with Crippen molar-refractivity contribution in [3.63, 3.8) is 0 Å². The zero-order valence-corrected chi connectivity index (χ0v) is 10.9. The summed E-state index contributed by atoms with van der Waals surface area (Å²) in [5.41, 5.74) is 12.8. The summed E-state index contributed by atoms with van der Waals surface area (Å²) in [6.45, 7) is 0. The van der Waals surface area contributed by atoms with E-state index in [1.54, 1.807) is 36.2 Å². The molecule has 1 amide bonds. The van der Waals surface area contributed by atoms with E-state index in [-0.39, 0.29) is 11.3 Å². The van der Waals surface area contributed by atoms with Crippen molar-refractivity contribution in [2.45, 2.75) is 0 Å². The Morgan fingerprint density at radius 1 is 1.35 bits per heavy atom. The van der Waals surface area contributed by atoms with E-state index in [1.807, 2.05) is 0 Å². The molecule has 0 aliphatic heterocycles. The fourth-order valence-electron chi connectivity index (χ4n) is 1.74. The number of primary amides is 1. The second-order valence-corrected chi connectivity index (χ2v) is 4.21. The largest absolute Gasteiger partial charge is 0.397 e. The molecule has 0 atom stereocenters. The van der Waals surface area contributed by atoms with Gasteiger partial charge in [0.1, 0.15) is 5.82 Å². The Hall–Kier alpha value is -3.07. The number of nitrogens with zero attached hydrogens (tertiary/aromatic N) is 3. The molecule has 1 heterocycles. The fourth-order valence-corrected chi connectivity index (χ4v) is 1.74. The van der Waals surface area contributed by atoms with E-state index in [2.05, 4.69) is 11.1 Å². The summed E-state index contributed by atoms with van der Waals surface area (Å²) in [6, 6.07) is 10.6. The monoisotopic (exact) mass is 267 g/mol. The average Bonchev–Trinajstić information content (AvgIpc) is 2.47. The third-order valence-corrected chi connectivity index (χ3v) is 2.91. The number of nitrogens with two attached hydrogens (primary N) is 2. The van der Waals surface area contributed by atoms with Crippen LogP contribution in [0.25, 0.3) is 0 Å². The number of benzene rings is 1. The van der Waals surface area contributed by atoms with Crippen LogP contribution in [0, 0.1) is 11.3 Å². The van der Waals surface area contributed by atoms with Gasteiger partial charge in [-0.1, -0.05) is 0 Å². The van der Waals surface area contributed by atoms with Crippen molar-refractivity contribution in [3.05, 3.63) is 47.7 Å². The van der Waals surface area contributed by atoms with Gasteiger partial charge in [0.25, 0.3) is 5.91 Å². The van der Waals surface area contributed by atoms with E-state index >= 15 is 0 Å². The highest BCUT2D eigenvalue weighted by atomic mass is 16.1. The van der Waals surface area contributed by atoms with Crippen molar-refractivity contribution >= 4 is 23.1 Å². The minimum atomic E-state index is -0.598. The first-order valence-electron chi connectivity index (χ1n) is 5.82. The molecule has 0 aliphatic rings. The summed E-state index contributed by atoms with van der Waals surface area (Å²) in [6.07, 6.45) is 1.40. The molecule has 0 radical (unpaired) electrons. The highest BCUT2D eigenvalue weighted by Gasteiger charge is 2.11. The van der Waals surface area contributed by atoms with Gasteiger partial charge in [0.2, 0.25) is 0 Å². The smallest absolute Gasteiger partial charge is 0.250 e. The zero-order chi connectivity index (χ0) is 14.7. The van der Waals surface area contributed by atoms with E-state index in [0.29, 0.717) is 11.4 Å². The van der Waals surface area contributed by atoms with Gasteiger partial charge in [-0.3, -0.25) is 4.79 Å². The van der Waals surface area contributed by atoms with Crippen LogP contribution in [0.1, 0.15) is 15.9 Å². The first kappa shape index (κ1) is 13.4. The molecule has 0 aliphatic carbocycles. The third kappa shape index (κ3) is 2.52. The Morgan fingerprint density at radius 2 is 2.00 bits per heavy atom. The SMILES string of the molecule is CN(c1ccc(C#N)cc1)c1cc(C(N)=O)c(N)cn1. The summed E-state index contributed by atoms with van der Waals surface area (Å²) < 4.78 is 0. The normalized spacial score (nSPS) is 9.80. The molecule has 0 unspecified atom stereocenters. The van der Waals surface area contributed by atoms with E-state index in [9.17, 15) is 4.79 Å². The van der Waals surface area contributed by atoms with Gasteiger partial charge in [0, 0.05) is 12.7 Å². The second-order valence-electron chi connectivity index (χ2n) is 4.21. The first-order chi connectivity index (χ1) is 9.52. The van der Waals surface area contributed by atoms with Gasteiger partial charge in [-0.25, -0.2) is 4.98 Å². The van der Waals surface area contributed by atoms with Crippen molar-refractivity contribution in [3.8, 4) is 6.07 Å². The number of amides is 1. The minimum absolute atomic E-state index is 0.232. The maximum atomic E-state index is 11.3. The molecule has 6 nitrogen and oxygen atoms in total. The minimum Gasteiger partial charge on any atom is -0.397 e. The molecule has 0 bridgehead atoms. The van der Waals surface area contributed by atoms with Crippen molar-refractivity contribution in [2.24, 2.45) is 5.73 Å². The topological polar surface area (TPSA) is 109 Å². The van der Waals surface area contributed by atoms with Gasteiger partial charge in [0.15, 0.2) is 0 Å². The van der Waals surface area contributed by atoms with Gasteiger partial charge >= 0.3 is 0 Å². The average molecular weight is 267 g/mol. The molecule has 0 saturated carbocycles. The summed E-state index contributed by atoms with van der Waals surface area (Å²) in [4.78, 5) is 17.2. The van der Waals surface area contributed by atoms with Crippen molar-refractivity contribution < 1.29 is 4.79 Å². The summed E-state index contributed by atoms with van der Waals surface area (Å²) >= 11 is 0. The standard InChI is InChI=1S/C14H13N5O/c1-19(10-4-2-9(7-15)3-5-10)13-6-11(14(17)20)12(16)8-18-13/h2-6,8H,16H2,1H3,(H2,17,20). The number of carbonyl (C=O) groups is 1. The van der Waals surface area contributed by atoms with Gasteiger partial charge < -0.3 is 16.4 Å². The zero-order valence-electron chi connectivity index (χ0n) is 10.9. The number of anilines is 3. The van der Waals surface area contributed by atoms with E-state index in [4.69, 9.17) is 16.7 Å². The number of carbonyl (C=O) groups excluding carboxylic acids is 1. The lowest BCUT2D eigenvalue weighted by Gasteiger charge is -2.19. The van der Waals surface area contributed by atoms with Crippen LogP contribution in [0.4, 0.5) is 17.2 Å². The highest BCUT2D eigenvalue weighted by Crippen LogP contribution is 2.24. The lowest BCUT2D eigenvalue weighted by molar-refractivity contribution is 0.100. The molecular weight excluding hydrogens is 254 g/mol. The fraction of sp³-hybridized carbons (Fsp3) is 0.0714. The van der Waals surface area contributed by atoms with Crippen LogP contribution < -0.4 is 16.4 Å². The number of nitrogen functional groups attached to an aromatic ring is 1. The summed E-state index contributed by atoms with van der Waals surface area (Å²) in [5, 5.41) is 8.77. The molecular formula is C14H13N5O. The van der Waals surface area contributed by atoms with Crippen LogP contribution in [0.5, 0.6) is 0 Å². The number of rotatable bonds is 3. The lowest BCUT2D eigenvalue weighted by Crippen LogP contribution is -2.17. The molecule has 0 fully saturated rings. The van der Waals surface area contributed by atoms with Crippen molar-refractivity contribution in [2.75, 3.05) is 17.7 Å². The molecule has 20 heavy (non-hydrogen) atoms. The Labute approximate surface area is 116 Å². The van der Waals surface area contributed by atoms with Crippen LogP contribution in [-0.2, 0) is 0 Å². The van der Waals surface area contributed by atoms with Crippen LogP contribution in [0.2, 0.25) is 0 Å². The number of nitriles is 1. The van der Waals surface area contributed by atoms with E-state index < -0.39 is 5.91 Å². The predicted molar refractivity (Wildman–Crippen MR) is 76.4 cm³/mol. The summed E-state index contributed by atoms with van der Waals surface area (Å²) in [7, 11) is 1.80. The molecule has 0 spiro atoms. The Bertz CT molecular complexity index is 688. The number of pyridine rings is 1. The Balaban J connectivity index is 2.37. The van der Waals surface area contributed by atoms with Crippen molar-refractivity contribution in [1.29, 1.82) is 5.26 Å². The lowest BCUT2D eigenvalue weighted by atomic mass is 10.2. The third-order valence-electron chi connectivity index (χ3n) is 2.91. The molecule has 4 N–H and O–H groups in total. The van der Waals surface area contributed by atoms with Crippen LogP contribution in [0.15, 0.2) is 36.5 Å². The highest BCUT2D eigenvalue weighted by molar-refractivity contribution is 5.98. The first-order valence-corrected chi connectivity index (χ1v) is 5.82. The van der Waals surface area contributed by atoms with Crippen LogP contribution in [0.3, 0.4) is 0 Å². The molecule has 0 saturated heterocycles. The van der Waals surface area contributed by atoms with Gasteiger partial charge in [-0.05, 0) is 30.3 Å². The van der Waals surface area contributed by atoms with Crippen LogP contribution in [-0.4, -0.2) is 17.9 Å². The number of hydrogen-bond donors (Lipinski definition) is 2. The molecule has 2 aromatic rings. The number of aromatic nitrogens is 1. The molecule has 1 aromatic carbocycles. The predicted octanol–water partition coefficient (Wildman–Crippen LogP) is 1.40. The number of hydrogen-bond acceptors (Lipinski definition) is 5. The molecule has 100 valence electrons. The Kier molecular flexibility index (Phi) is 3.53. The van der Waals surface area contributed by atoms with Gasteiger partial charge in [-0.15, -0.1) is 0 Å². The van der Waals surface area contributed by atoms with Gasteiger partial charge in [-0.2, -0.15) is 5.26 Å². The summed E-state index contributed by atoms with van der Waals surface area (Å²) in [5.74, 6) is -0.0583. The van der Waals surface area contributed by atoms with Gasteiger partial charge in [0.05, 0.1) is 29.1 Å². The van der Waals surface area contributed by atoms with E-state index in [0.717, 1.165) is 5.69 Å². The Morgan fingerprint density at radius 3 is 2.55 bits per heavy atom. The van der Waals surface area contributed by atoms with Crippen LogP contribution >= 0.6 is 0 Å². The molecule has 1 aromatic heterocycles. The molecule has 2 rings (SSSR count). The quantitative estimate of drug-likeness (QED) is 0.873. The molecule has 6 heteroatoms.